The van der Waals surface area contributed by atoms with Crippen LogP contribution in [0, 0.1) is 6.92 Å². The van der Waals surface area contributed by atoms with Crippen LogP contribution in [0.5, 0.6) is 0 Å². The number of rotatable bonds is 3. The van der Waals surface area contributed by atoms with Crippen LogP contribution in [0.4, 0.5) is 16.5 Å². The van der Waals surface area contributed by atoms with Gasteiger partial charge in [-0.1, -0.05) is 29.0 Å². The Hall–Kier alpha value is -2.07. The molecule has 20 heavy (non-hydrogen) atoms. The summed E-state index contributed by atoms with van der Waals surface area (Å²) in [5.41, 5.74) is 10.1. The van der Waals surface area contributed by atoms with Crippen LogP contribution in [0.15, 0.2) is 42.5 Å². The van der Waals surface area contributed by atoms with E-state index in [1.54, 1.807) is 11.3 Å². The van der Waals surface area contributed by atoms with Crippen LogP contribution in [-0.2, 0) is 0 Å². The Kier molecular flexibility index (Phi) is 3.32. The van der Waals surface area contributed by atoms with E-state index in [-0.39, 0.29) is 0 Å². The molecule has 0 fully saturated rings. The molecule has 0 radical (unpaired) electrons. The molecular weight excluding hydrogens is 266 g/mol. The molecule has 0 spiro atoms. The van der Waals surface area contributed by atoms with Crippen LogP contribution in [0.1, 0.15) is 12.5 Å². The summed E-state index contributed by atoms with van der Waals surface area (Å²) in [6.07, 6.45) is 0. The fourth-order valence-corrected chi connectivity index (χ4v) is 3.30. The number of aryl methyl sites for hydroxylation is 1. The Labute approximate surface area is 122 Å². The number of aromatic nitrogens is 1. The van der Waals surface area contributed by atoms with Crippen LogP contribution in [-0.4, -0.2) is 11.5 Å². The molecule has 0 aliphatic carbocycles. The van der Waals surface area contributed by atoms with Crippen molar-refractivity contribution < 1.29 is 0 Å². The van der Waals surface area contributed by atoms with Crippen LogP contribution in [0.3, 0.4) is 0 Å². The van der Waals surface area contributed by atoms with Crippen molar-refractivity contribution in [2.75, 3.05) is 17.2 Å². The predicted molar refractivity (Wildman–Crippen MR) is 87.9 cm³/mol. The monoisotopic (exact) mass is 283 g/mol. The zero-order valence-electron chi connectivity index (χ0n) is 11.6. The lowest BCUT2D eigenvalue weighted by Gasteiger charge is -2.19. The minimum atomic E-state index is 0.783. The molecule has 0 saturated heterocycles. The van der Waals surface area contributed by atoms with Crippen molar-refractivity contribution in [3.05, 3.63) is 48.0 Å². The van der Waals surface area contributed by atoms with Gasteiger partial charge in [-0.3, -0.25) is 0 Å². The normalized spacial score (nSPS) is 10.9. The van der Waals surface area contributed by atoms with Gasteiger partial charge in [0, 0.05) is 17.9 Å². The smallest absolute Gasteiger partial charge is 0.190 e. The fraction of sp³-hybridized carbons (Fsp3) is 0.188. The van der Waals surface area contributed by atoms with E-state index in [9.17, 15) is 0 Å². The van der Waals surface area contributed by atoms with Gasteiger partial charge in [-0.2, -0.15) is 0 Å². The topological polar surface area (TPSA) is 42.2 Å². The number of hydrogen-bond donors (Lipinski definition) is 1. The van der Waals surface area contributed by atoms with Gasteiger partial charge in [0.05, 0.1) is 10.2 Å². The summed E-state index contributed by atoms with van der Waals surface area (Å²) >= 11 is 1.68. The largest absolute Gasteiger partial charge is 0.399 e. The van der Waals surface area contributed by atoms with E-state index >= 15 is 0 Å². The Morgan fingerprint density at radius 3 is 2.60 bits per heavy atom. The predicted octanol–water partition coefficient (Wildman–Crippen LogP) is 4.34. The molecule has 0 amide bonds. The van der Waals surface area contributed by atoms with Gasteiger partial charge in [0.25, 0.3) is 0 Å². The van der Waals surface area contributed by atoms with E-state index in [0.717, 1.165) is 27.6 Å². The van der Waals surface area contributed by atoms with Crippen molar-refractivity contribution in [2.45, 2.75) is 13.8 Å². The molecule has 3 aromatic rings. The van der Waals surface area contributed by atoms with Crippen LogP contribution < -0.4 is 10.6 Å². The van der Waals surface area contributed by atoms with Crippen molar-refractivity contribution in [3.63, 3.8) is 0 Å². The van der Waals surface area contributed by atoms with Crippen molar-refractivity contribution >= 4 is 38.1 Å². The molecule has 0 aliphatic heterocycles. The Bertz CT molecular complexity index is 731. The number of nitrogens with two attached hydrogens (primary N) is 1. The molecule has 102 valence electrons. The van der Waals surface area contributed by atoms with Gasteiger partial charge in [0.15, 0.2) is 5.13 Å². The summed E-state index contributed by atoms with van der Waals surface area (Å²) in [5.74, 6) is 0. The van der Waals surface area contributed by atoms with Gasteiger partial charge in [-0.05, 0) is 44.2 Å². The lowest BCUT2D eigenvalue weighted by molar-refractivity contribution is 1.01. The van der Waals surface area contributed by atoms with Gasteiger partial charge >= 0.3 is 0 Å². The van der Waals surface area contributed by atoms with E-state index in [2.05, 4.69) is 43.0 Å². The molecule has 3 nitrogen and oxygen atoms in total. The highest BCUT2D eigenvalue weighted by Gasteiger charge is 2.12. The molecule has 0 aliphatic rings. The number of nitrogens with zero attached hydrogens (tertiary/aromatic N) is 2. The number of benzene rings is 2. The fourth-order valence-electron chi connectivity index (χ4n) is 2.20. The number of nitrogen functional groups attached to an aromatic ring is 1. The summed E-state index contributed by atoms with van der Waals surface area (Å²) in [4.78, 5) is 6.94. The van der Waals surface area contributed by atoms with E-state index < -0.39 is 0 Å². The van der Waals surface area contributed by atoms with Crippen molar-refractivity contribution in [1.82, 2.24) is 4.98 Å². The molecule has 0 saturated carbocycles. The average molecular weight is 283 g/mol. The maximum atomic E-state index is 5.83. The first-order valence-corrected chi connectivity index (χ1v) is 7.49. The quantitative estimate of drug-likeness (QED) is 0.727. The van der Waals surface area contributed by atoms with E-state index in [4.69, 9.17) is 10.7 Å². The molecule has 2 aromatic carbocycles. The second kappa shape index (κ2) is 5.13. The number of thiazole rings is 1. The first kappa shape index (κ1) is 12.9. The summed E-state index contributed by atoms with van der Waals surface area (Å²) in [6, 6.07) is 14.4. The highest BCUT2D eigenvalue weighted by molar-refractivity contribution is 7.22. The van der Waals surface area contributed by atoms with Crippen molar-refractivity contribution in [3.8, 4) is 0 Å². The molecule has 0 atom stereocenters. The second-order valence-electron chi connectivity index (χ2n) is 4.80. The first-order chi connectivity index (χ1) is 9.67. The van der Waals surface area contributed by atoms with Gasteiger partial charge < -0.3 is 10.6 Å². The third kappa shape index (κ3) is 2.34. The zero-order chi connectivity index (χ0) is 14.1. The maximum Gasteiger partial charge on any atom is 0.190 e. The summed E-state index contributed by atoms with van der Waals surface area (Å²) in [7, 11) is 0. The number of anilines is 3. The lowest BCUT2D eigenvalue weighted by Crippen LogP contribution is -2.15. The highest BCUT2D eigenvalue weighted by atomic mass is 32.1. The van der Waals surface area contributed by atoms with Crippen LogP contribution >= 0.6 is 11.3 Å². The van der Waals surface area contributed by atoms with Crippen molar-refractivity contribution in [1.29, 1.82) is 0 Å². The minimum absolute atomic E-state index is 0.783. The molecule has 1 aromatic heterocycles. The minimum Gasteiger partial charge on any atom is -0.399 e. The molecule has 0 unspecified atom stereocenters. The standard InChI is InChI=1S/C16H17N3S/c1-3-19(13-7-4-11(2)5-8-13)16-18-14-9-6-12(17)10-15(14)20-16/h4-10H,3,17H2,1-2H3. The lowest BCUT2D eigenvalue weighted by atomic mass is 10.2. The Balaban J connectivity index is 2.04. The zero-order valence-corrected chi connectivity index (χ0v) is 12.4. The van der Waals surface area contributed by atoms with E-state index in [1.807, 2.05) is 18.2 Å². The van der Waals surface area contributed by atoms with Gasteiger partial charge in [-0.15, -0.1) is 0 Å². The number of hydrogen-bond acceptors (Lipinski definition) is 4. The molecular formula is C16H17N3S. The second-order valence-corrected chi connectivity index (χ2v) is 5.81. The van der Waals surface area contributed by atoms with Crippen LogP contribution in [0.25, 0.3) is 10.2 Å². The molecule has 4 heteroatoms. The Morgan fingerprint density at radius 1 is 1.15 bits per heavy atom. The molecule has 3 rings (SSSR count). The maximum absolute atomic E-state index is 5.83. The van der Waals surface area contributed by atoms with E-state index in [1.165, 1.54) is 11.3 Å². The summed E-state index contributed by atoms with van der Waals surface area (Å²) in [5, 5.41) is 1.01. The van der Waals surface area contributed by atoms with Gasteiger partial charge in [-0.25, -0.2) is 4.98 Å². The third-order valence-corrected chi connectivity index (χ3v) is 4.34. The molecule has 0 bridgehead atoms. The van der Waals surface area contributed by atoms with Gasteiger partial charge in [0.1, 0.15) is 0 Å². The molecule has 2 N–H and O–H groups in total. The average Bonchev–Trinajstić information content (AvgIpc) is 2.84. The third-order valence-electron chi connectivity index (χ3n) is 3.29. The Morgan fingerprint density at radius 2 is 1.90 bits per heavy atom. The first-order valence-electron chi connectivity index (χ1n) is 6.67. The number of fused-ring (bicyclic) bond motifs is 1. The van der Waals surface area contributed by atoms with Gasteiger partial charge in [0.2, 0.25) is 0 Å². The highest BCUT2D eigenvalue weighted by Crippen LogP contribution is 2.34. The summed E-state index contributed by atoms with van der Waals surface area (Å²) < 4.78 is 1.13. The molecule has 1 heterocycles. The summed E-state index contributed by atoms with van der Waals surface area (Å²) in [6.45, 7) is 5.12. The van der Waals surface area contributed by atoms with Crippen LogP contribution in [0.2, 0.25) is 0 Å². The van der Waals surface area contributed by atoms with E-state index in [0.29, 0.717) is 0 Å². The SMILES string of the molecule is CCN(c1ccc(C)cc1)c1nc2ccc(N)cc2s1. The van der Waals surface area contributed by atoms with Crippen molar-refractivity contribution in [2.24, 2.45) is 0 Å².